The number of amides is 9. The van der Waals surface area contributed by atoms with Crippen LogP contribution in [0.4, 0.5) is 0 Å². The molecular formula is C45H77N13O13. The second-order valence-corrected chi connectivity index (χ2v) is 17.9. The molecule has 0 saturated carbocycles. The lowest BCUT2D eigenvalue weighted by molar-refractivity contribution is -0.136. The van der Waals surface area contributed by atoms with E-state index in [0.29, 0.717) is 5.56 Å². The quantitative estimate of drug-likeness (QED) is 0.0612. The molecule has 20 N–H and O–H groups in total. The highest BCUT2D eigenvalue weighted by molar-refractivity contribution is 5.97. The zero-order valence-corrected chi connectivity index (χ0v) is 41.1. The van der Waals surface area contributed by atoms with Gasteiger partial charge in [-0.05, 0) is 89.9 Å². The molecule has 12 atom stereocenters. The second kappa shape index (κ2) is 31.5. The molecule has 71 heavy (non-hydrogen) atoms. The third-order valence-electron chi connectivity index (χ3n) is 11.3. The van der Waals surface area contributed by atoms with E-state index in [2.05, 4.69) is 53.2 Å². The van der Waals surface area contributed by atoms with Crippen LogP contribution in [-0.4, -0.2) is 179 Å². The van der Waals surface area contributed by atoms with Crippen molar-refractivity contribution in [3.8, 4) is 0 Å². The van der Waals surface area contributed by atoms with Crippen LogP contribution in [0.3, 0.4) is 0 Å². The predicted molar refractivity (Wildman–Crippen MR) is 257 cm³/mol. The molecular weight excluding hydrogens is 931 g/mol. The number of aliphatic hydroxyl groups is 4. The van der Waals surface area contributed by atoms with Gasteiger partial charge in [0.15, 0.2) is 0 Å². The van der Waals surface area contributed by atoms with Gasteiger partial charge in [0.2, 0.25) is 53.2 Å². The van der Waals surface area contributed by atoms with Crippen molar-refractivity contribution in [2.45, 2.75) is 152 Å². The van der Waals surface area contributed by atoms with Gasteiger partial charge in [0.1, 0.15) is 48.5 Å². The molecule has 9 amide bonds. The first-order valence-corrected chi connectivity index (χ1v) is 23.8. The summed E-state index contributed by atoms with van der Waals surface area (Å²) in [6.45, 7) is 5.48. The molecule has 2 unspecified atom stereocenters. The van der Waals surface area contributed by atoms with Crippen LogP contribution in [0.2, 0.25) is 0 Å². The molecule has 0 bridgehead atoms. The van der Waals surface area contributed by atoms with Crippen molar-refractivity contribution in [3.63, 3.8) is 0 Å². The molecule has 1 heterocycles. The van der Waals surface area contributed by atoms with Gasteiger partial charge < -0.3 is 85.5 Å². The van der Waals surface area contributed by atoms with E-state index < -0.39 is 146 Å². The maximum Gasteiger partial charge on any atom is 0.245 e. The summed E-state index contributed by atoms with van der Waals surface area (Å²) in [5.74, 6) is -8.37. The summed E-state index contributed by atoms with van der Waals surface area (Å²) in [7, 11) is 0. The molecule has 0 radical (unpaired) electrons. The van der Waals surface area contributed by atoms with Crippen LogP contribution in [0.1, 0.15) is 78.7 Å². The normalized spacial score (nSPS) is 25.4. The predicted octanol–water partition coefficient (Wildman–Crippen LogP) is -6.84. The molecule has 1 aliphatic rings. The smallest absolute Gasteiger partial charge is 0.245 e. The lowest BCUT2D eigenvalue weighted by atomic mass is 9.99. The van der Waals surface area contributed by atoms with Crippen LogP contribution in [0, 0.1) is 5.92 Å². The number of carbonyl (C=O) groups excluding carboxylic acids is 9. The lowest BCUT2D eigenvalue weighted by Crippen LogP contribution is -2.62. The maximum atomic E-state index is 14.2. The van der Waals surface area contributed by atoms with Gasteiger partial charge >= 0.3 is 0 Å². The molecule has 1 aromatic carbocycles. The van der Waals surface area contributed by atoms with Crippen molar-refractivity contribution in [2.24, 2.45) is 23.1 Å². The Hall–Kier alpha value is -5.87. The number of nitrogens with two attached hydrogens (primary N) is 3. The largest absolute Gasteiger partial charge is 0.394 e. The van der Waals surface area contributed by atoms with Crippen molar-refractivity contribution < 1.29 is 63.6 Å². The Balaban J connectivity index is 2.74. The Morgan fingerprint density at radius 2 is 1.25 bits per heavy atom. The number of rotatable bonds is 19. The van der Waals surface area contributed by atoms with Gasteiger partial charge in [-0.2, -0.15) is 0 Å². The minimum absolute atomic E-state index is 0.00979. The molecule has 0 aromatic heterocycles. The van der Waals surface area contributed by atoms with E-state index in [1.165, 1.54) is 13.8 Å². The van der Waals surface area contributed by atoms with Crippen molar-refractivity contribution in [1.82, 2.24) is 53.2 Å². The van der Waals surface area contributed by atoms with Gasteiger partial charge in [-0.15, -0.1) is 0 Å². The molecule has 2 rings (SSSR count). The summed E-state index contributed by atoms with van der Waals surface area (Å²) in [4.78, 5) is 122. The standard InChI is InChI=1S/C45H77N13O13/c1-23(2)20-32-41(67)51-28(12-9-16-46)37(63)53-30(14-18-48)40(66)58-35(24(3)60)44(70)49-19-15-31(54-43(69)34(22-59)57-45(71)36(25(4)61)50-26(5)62)39(65)52-29(13-17-47)38(64)56-33(42(68)55-32)21-27-10-7-6-8-11-27/h6-8,10-11,23-25,28-36,42,55,59-61,68H,9,12-22,46-48H2,1-5H3,(H,49,70)(H,50,62)(H,51,67)(H,52,65)(H,53,63)(H,54,69)(H,56,64)(H,57,71)(H,58,66)/t24-,25-,28+,29+,30+,31+,32+,33-,34-,35?,36+,42?/m1/s1. The first-order valence-electron chi connectivity index (χ1n) is 23.8. The Morgan fingerprint density at radius 3 is 1.77 bits per heavy atom. The number of carbonyl (C=O) groups is 9. The highest BCUT2D eigenvalue weighted by atomic mass is 16.3. The first kappa shape index (κ1) is 61.3. The summed E-state index contributed by atoms with van der Waals surface area (Å²) in [5.41, 5.74) is 18.1. The lowest BCUT2D eigenvalue weighted by Gasteiger charge is -2.32. The number of hydrogen-bond donors (Lipinski definition) is 17. The maximum absolute atomic E-state index is 14.2. The summed E-state index contributed by atoms with van der Waals surface area (Å²) >= 11 is 0. The third-order valence-corrected chi connectivity index (χ3v) is 11.3. The Bertz CT molecular complexity index is 1910. The number of hydrogen-bond acceptors (Lipinski definition) is 17. The fraction of sp³-hybridized carbons (Fsp3) is 0.667. The Morgan fingerprint density at radius 1 is 0.704 bits per heavy atom. The number of nitrogens with one attached hydrogen (secondary N) is 10. The molecule has 1 aromatic rings. The van der Waals surface area contributed by atoms with E-state index in [4.69, 9.17) is 17.2 Å². The third kappa shape index (κ3) is 21.2. The van der Waals surface area contributed by atoms with Crippen LogP contribution >= 0.6 is 0 Å². The summed E-state index contributed by atoms with van der Waals surface area (Å²) in [6.07, 6.45) is -5.03. The number of benzene rings is 1. The minimum atomic E-state index is -1.77. The van der Waals surface area contributed by atoms with Crippen molar-refractivity contribution >= 4 is 53.2 Å². The first-order chi connectivity index (χ1) is 33.6. The summed E-state index contributed by atoms with van der Waals surface area (Å²) < 4.78 is 0. The molecule has 0 aliphatic carbocycles. The Labute approximate surface area is 413 Å². The molecule has 400 valence electrons. The molecule has 0 spiro atoms. The SMILES string of the molecule is CC(=O)N[C@H](C(=O)N[C@H](CO)C(=O)N[C@H]1CCNC(=O)C([C@@H](C)O)NC(=O)[C@H](CCN)NC(=O)[C@H](CCCN)NC(=O)[C@H](CC(C)C)NC(O)[C@@H](Cc2ccccc2)NC(=O)[C@H](CCN)NC1=O)[C@@H](C)O. The van der Waals surface area contributed by atoms with E-state index in [-0.39, 0.29) is 64.1 Å². The van der Waals surface area contributed by atoms with Gasteiger partial charge in [0, 0.05) is 13.5 Å². The van der Waals surface area contributed by atoms with Gasteiger partial charge in [-0.3, -0.25) is 48.5 Å². The van der Waals surface area contributed by atoms with Gasteiger partial charge in [-0.1, -0.05) is 44.2 Å². The number of aliphatic hydroxyl groups excluding tert-OH is 4. The highest BCUT2D eigenvalue weighted by Gasteiger charge is 2.37. The highest BCUT2D eigenvalue weighted by Crippen LogP contribution is 2.13. The Kier molecular flexibility index (Phi) is 27.1. The van der Waals surface area contributed by atoms with E-state index in [9.17, 15) is 63.6 Å². The zero-order valence-electron chi connectivity index (χ0n) is 41.1. The zero-order chi connectivity index (χ0) is 53.4. The molecule has 1 saturated heterocycles. The molecule has 26 heteroatoms. The van der Waals surface area contributed by atoms with Crippen LogP contribution < -0.4 is 70.4 Å². The van der Waals surface area contributed by atoms with Crippen LogP contribution in [0.5, 0.6) is 0 Å². The molecule has 1 fully saturated rings. The van der Waals surface area contributed by atoms with Crippen molar-refractivity contribution in [3.05, 3.63) is 35.9 Å². The van der Waals surface area contributed by atoms with E-state index in [1.54, 1.807) is 30.3 Å². The second-order valence-electron chi connectivity index (χ2n) is 17.9. The van der Waals surface area contributed by atoms with Crippen molar-refractivity contribution in [2.75, 3.05) is 32.8 Å². The fourth-order valence-electron chi connectivity index (χ4n) is 7.45. The van der Waals surface area contributed by atoms with Crippen molar-refractivity contribution in [1.29, 1.82) is 0 Å². The van der Waals surface area contributed by atoms with Crippen LogP contribution in [-0.2, 0) is 49.6 Å². The average Bonchev–Trinajstić information content (AvgIpc) is 3.30. The van der Waals surface area contributed by atoms with E-state index >= 15 is 0 Å². The van der Waals surface area contributed by atoms with Crippen LogP contribution in [0.15, 0.2) is 30.3 Å². The minimum Gasteiger partial charge on any atom is -0.394 e. The van der Waals surface area contributed by atoms with Crippen LogP contribution in [0.25, 0.3) is 0 Å². The molecule has 26 nitrogen and oxygen atoms in total. The monoisotopic (exact) mass is 1010 g/mol. The average molecular weight is 1010 g/mol. The molecule has 1 aliphatic heterocycles. The van der Waals surface area contributed by atoms with Gasteiger partial charge in [0.25, 0.3) is 0 Å². The van der Waals surface area contributed by atoms with E-state index in [1.807, 2.05) is 13.8 Å². The fourth-order valence-corrected chi connectivity index (χ4v) is 7.45. The van der Waals surface area contributed by atoms with Gasteiger partial charge in [-0.25, -0.2) is 0 Å². The topological polar surface area (TPSA) is 433 Å². The van der Waals surface area contributed by atoms with Gasteiger partial charge in [0.05, 0.1) is 30.9 Å². The van der Waals surface area contributed by atoms with E-state index in [0.717, 1.165) is 6.92 Å². The summed E-state index contributed by atoms with van der Waals surface area (Å²) in [6, 6.07) is -4.40. The summed E-state index contributed by atoms with van der Waals surface area (Å²) in [5, 5.41) is 67.9.